The van der Waals surface area contributed by atoms with Gasteiger partial charge in [0.05, 0.1) is 4.92 Å². The van der Waals surface area contributed by atoms with E-state index in [9.17, 15) is 10.1 Å². The van der Waals surface area contributed by atoms with Crippen LogP contribution in [0, 0.1) is 10.1 Å². The predicted octanol–water partition coefficient (Wildman–Crippen LogP) is 2.34. The first kappa shape index (κ1) is 12.6. The lowest BCUT2D eigenvalue weighted by Crippen LogP contribution is -2.33. The smallest absolute Gasteiger partial charge is 0.311 e. The van der Waals surface area contributed by atoms with Crippen LogP contribution in [-0.4, -0.2) is 22.5 Å². The number of nitrogen functional groups attached to an aromatic ring is 1. The lowest BCUT2D eigenvalue weighted by atomic mass is 10.1. The van der Waals surface area contributed by atoms with Crippen LogP contribution in [0.4, 0.5) is 17.3 Å². The number of nitrogens with zero attached hydrogens (tertiary/aromatic N) is 3. The molecule has 2 heterocycles. The maximum Gasteiger partial charge on any atom is 0.311 e. The van der Waals surface area contributed by atoms with Gasteiger partial charge in [-0.15, -0.1) is 0 Å². The lowest BCUT2D eigenvalue weighted by molar-refractivity contribution is -0.384. The average molecular weight is 250 g/mol. The molecule has 0 radical (unpaired) electrons. The monoisotopic (exact) mass is 250 g/mol. The molecule has 1 saturated heterocycles. The van der Waals surface area contributed by atoms with Gasteiger partial charge in [-0.1, -0.05) is 12.8 Å². The molecule has 0 bridgehead atoms. The van der Waals surface area contributed by atoms with E-state index in [1.807, 2.05) is 4.90 Å². The molecule has 1 fully saturated rings. The topological polar surface area (TPSA) is 85.3 Å². The molecule has 1 aromatic heterocycles. The van der Waals surface area contributed by atoms with Gasteiger partial charge in [-0.05, 0) is 25.8 Å². The third-order valence-electron chi connectivity index (χ3n) is 3.40. The number of nitro groups is 1. The molecule has 0 amide bonds. The molecule has 1 unspecified atom stereocenters. The summed E-state index contributed by atoms with van der Waals surface area (Å²) in [5.74, 6) is 0.737. The van der Waals surface area contributed by atoms with E-state index >= 15 is 0 Å². The zero-order valence-electron chi connectivity index (χ0n) is 10.5. The maximum atomic E-state index is 11.1. The summed E-state index contributed by atoms with van der Waals surface area (Å²) in [4.78, 5) is 16.9. The van der Waals surface area contributed by atoms with E-state index in [2.05, 4.69) is 11.9 Å². The molecule has 1 atom stereocenters. The van der Waals surface area contributed by atoms with Gasteiger partial charge in [0.15, 0.2) is 0 Å². The summed E-state index contributed by atoms with van der Waals surface area (Å²) in [6, 6.07) is 3.18. The summed E-state index contributed by atoms with van der Waals surface area (Å²) >= 11 is 0. The number of hydrogen-bond acceptors (Lipinski definition) is 5. The Morgan fingerprint density at radius 3 is 2.94 bits per heavy atom. The number of pyridine rings is 1. The van der Waals surface area contributed by atoms with Crippen LogP contribution < -0.4 is 10.6 Å². The summed E-state index contributed by atoms with van der Waals surface area (Å²) in [6.07, 6.45) is 4.40. The van der Waals surface area contributed by atoms with Gasteiger partial charge in [0.25, 0.3) is 0 Å². The van der Waals surface area contributed by atoms with Crippen LogP contribution >= 0.6 is 0 Å². The van der Waals surface area contributed by atoms with Crippen molar-refractivity contribution in [2.24, 2.45) is 0 Å². The summed E-state index contributed by atoms with van der Waals surface area (Å²) in [7, 11) is 0. The number of rotatable bonds is 2. The van der Waals surface area contributed by atoms with E-state index in [0.717, 1.165) is 32.2 Å². The Bertz CT molecular complexity index is 450. The second-order valence-electron chi connectivity index (χ2n) is 4.73. The van der Waals surface area contributed by atoms with E-state index < -0.39 is 0 Å². The molecule has 18 heavy (non-hydrogen) atoms. The van der Waals surface area contributed by atoms with Gasteiger partial charge >= 0.3 is 5.69 Å². The van der Waals surface area contributed by atoms with Gasteiger partial charge in [0.1, 0.15) is 5.82 Å². The Hall–Kier alpha value is -1.85. The SMILES string of the molecule is CC1CCCCCN1c1nc(N)ccc1[N+](=O)[O-]. The minimum Gasteiger partial charge on any atom is -0.384 e. The number of anilines is 2. The van der Waals surface area contributed by atoms with Crippen LogP contribution in [0.5, 0.6) is 0 Å². The number of nitrogens with two attached hydrogens (primary N) is 1. The predicted molar refractivity (Wildman–Crippen MR) is 70.6 cm³/mol. The zero-order chi connectivity index (χ0) is 13.1. The van der Waals surface area contributed by atoms with Crippen LogP contribution in [0.1, 0.15) is 32.6 Å². The highest BCUT2D eigenvalue weighted by molar-refractivity contribution is 5.61. The van der Waals surface area contributed by atoms with Crippen LogP contribution in [0.25, 0.3) is 0 Å². The molecule has 6 heteroatoms. The van der Waals surface area contributed by atoms with Gasteiger partial charge in [0, 0.05) is 18.7 Å². The molecule has 1 aliphatic rings. The summed E-state index contributed by atoms with van der Waals surface area (Å²) in [6.45, 7) is 2.89. The van der Waals surface area contributed by atoms with Gasteiger partial charge in [-0.2, -0.15) is 0 Å². The normalized spacial score (nSPS) is 20.5. The molecule has 0 aromatic carbocycles. The van der Waals surface area contributed by atoms with Crippen molar-refractivity contribution < 1.29 is 4.92 Å². The Kier molecular flexibility index (Phi) is 3.64. The van der Waals surface area contributed by atoms with Crippen molar-refractivity contribution in [1.82, 2.24) is 4.98 Å². The highest BCUT2D eigenvalue weighted by atomic mass is 16.6. The van der Waals surface area contributed by atoms with E-state index in [4.69, 9.17) is 5.73 Å². The van der Waals surface area contributed by atoms with Gasteiger partial charge in [-0.25, -0.2) is 4.98 Å². The van der Waals surface area contributed by atoms with Gasteiger partial charge in [0.2, 0.25) is 5.82 Å². The van der Waals surface area contributed by atoms with Gasteiger partial charge < -0.3 is 10.6 Å². The van der Waals surface area contributed by atoms with Crippen LogP contribution in [0.15, 0.2) is 12.1 Å². The highest BCUT2D eigenvalue weighted by Gasteiger charge is 2.26. The van der Waals surface area contributed by atoms with E-state index in [-0.39, 0.29) is 16.7 Å². The van der Waals surface area contributed by atoms with Crippen molar-refractivity contribution in [3.8, 4) is 0 Å². The number of aromatic nitrogens is 1. The molecule has 6 nitrogen and oxygen atoms in total. The molecule has 2 rings (SSSR count). The third-order valence-corrected chi connectivity index (χ3v) is 3.40. The summed E-state index contributed by atoms with van der Waals surface area (Å²) in [5, 5.41) is 11.1. The highest BCUT2D eigenvalue weighted by Crippen LogP contribution is 2.31. The standard InChI is InChI=1S/C12H18N4O2/c1-9-5-3-2-4-8-15(9)12-10(16(17)18)6-7-11(13)14-12/h6-7,9H,2-5,8H2,1H3,(H2,13,14). The molecular formula is C12H18N4O2. The molecule has 0 aliphatic carbocycles. The average Bonchev–Trinajstić information content (AvgIpc) is 2.53. The first-order valence-electron chi connectivity index (χ1n) is 6.27. The van der Waals surface area contributed by atoms with E-state index in [1.54, 1.807) is 0 Å². The Balaban J connectivity index is 2.40. The molecule has 0 saturated carbocycles. The largest absolute Gasteiger partial charge is 0.384 e. The fourth-order valence-electron chi connectivity index (χ4n) is 2.40. The fraction of sp³-hybridized carbons (Fsp3) is 0.583. The van der Waals surface area contributed by atoms with Crippen LogP contribution in [0.3, 0.4) is 0 Å². The second kappa shape index (κ2) is 5.20. The lowest BCUT2D eigenvalue weighted by Gasteiger charge is -2.27. The first-order chi connectivity index (χ1) is 8.59. The molecule has 0 spiro atoms. The third kappa shape index (κ3) is 2.52. The maximum absolute atomic E-state index is 11.1. The van der Waals surface area contributed by atoms with Crippen LogP contribution in [0.2, 0.25) is 0 Å². The van der Waals surface area contributed by atoms with Crippen molar-refractivity contribution >= 4 is 17.3 Å². The molecule has 1 aromatic rings. The first-order valence-corrected chi connectivity index (χ1v) is 6.27. The minimum absolute atomic E-state index is 0.0398. The Morgan fingerprint density at radius 1 is 1.44 bits per heavy atom. The van der Waals surface area contributed by atoms with Crippen molar-refractivity contribution in [3.05, 3.63) is 22.2 Å². The van der Waals surface area contributed by atoms with Crippen molar-refractivity contribution in [2.75, 3.05) is 17.2 Å². The van der Waals surface area contributed by atoms with Crippen molar-refractivity contribution in [2.45, 2.75) is 38.6 Å². The molecular weight excluding hydrogens is 232 g/mol. The van der Waals surface area contributed by atoms with Crippen molar-refractivity contribution in [3.63, 3.8) is 0 Å². The Morgan fingerprint density at radius 2 is 2.22 bits per heavy atom. The van der Waals surface area contributed by atoms with Crippen molar-refractivity contribution in [1.29, 1.82) is 0 Å². The van der Waals surface area contributed by atoms with E-state index in [0.29, 0.717) is 11.6 Å². The van der Waals surface area contributed by atoms with Crippen LogP contribution in [-0.2, 0) is 0 Å². The van der Waals surface area contributed by atoms with Gasteiger partial charge in [-0.3, -0.25) is 10.1 Å². The zero-order valence-corrected chi connectivity index (χ0v) is 10.5. The molecule has 1 aliphatic heterocycles. The molecule has 98 valence electrons. The fourth-order valence-corrected chi connectivity index (χ4v) is 2.40. The summed E-state index contributed by atoms with van der Waals surface area (Å²) in [5.41, 5.74) is 5.70. The summed E-state index contributed by atoms with van der Waals surface area (Å²) < 4.78 is 0. The second-order valence-corrected chi connectivity index (χ2v) is 4.73. The van der Waals surface area contributed by atoms with E-state index in [1.165, 1.54) is 12.1 Å². The Labute approximate surface area is 106 Å². The molecule has 2 N–H and O–H groups in total. The quantitative estimate of drug-likeness (QED) is 0.643. The number of hydrogen-bond donors (Lipinski definition) is 1. The minimum atomic E-state index is -0.389.